The lowest BCUT2D eigenvalue weighted by atomic mass is 10.0. The number of unbranched alkanes of at least 4 members (excludes halogenated alkanes) is 15. The SMILES string of the molecule is CCCCCCCCCCCCCCCCC/C=C/CCC1=NCC[N+]1(CC)C(C)O. The van der Waals surface area contributed by atoms with Gasteiger partial charge in [0.05, 0.1) is 13.1 Å². The van der Waals surface area contributed by atoms with Crippen LogP contribution in [-0.4, -0.2) is 41.3 Å². The maximum atomic E-state index is 10.2. The Morgan fingerprint density at radius 1 is 0.774 bits per heavy atom. The van der Waals surface area contributed by atoms with E-state index >= 15 is 0 Å². The van der Waals surface area contributed by atoms with Crippen LogP contribution in [0.15, 0.2) is 17.1 Å². The van der Waals surface area contributed by atoms with Gasteiger partial charge in [0.2, 0.25) is 5.84 Å². The smallest absolute Gasteiger partial charge is 0.200 e. The summed E-state index contributed by atoms with van der Waals surface area (Å²) >= 11 is 0. The fourth-order valence-electron chi connectivity index (χ4n) is 5.02. The van der Waals surface area contributed by atoms with Crippen molar-refractivity contribution in [2.45, 2.75) is 143 Å². The highest BCUT2D eigenvalue weighted by atomic mass is 16.3. The van der Waals surface area contributed by atoms with E-state index in [1.807, 2.05) is 6.92 Å². The predicted octanol–water partition coefficient (Wildman–Crippen LogP) is 8.17. The molecule has 0 amide bonds. The van der Waals surface area contributed by atoms with E-state index in [4.69, 9.17) is 4.99 Å². The lowest BCUT2D eigenvalue weighted by molar-refractivity contribution is -0.882. The number of nitrogens with zero attached hydrogens (tertiary/aromatic N) is 2. The third-order valence-corrected chi connectivity index (χ3v) is 7.26. The highest BCUT2D eigenvalue weighted by Crippen LogP contribution is 2.22. The molecule has 0 aromatic heterocycles. The van der Waals surface area contributed by atoms with Gasteiger partial charge in [-0.2, -0.15) is 0 Å². The first-order chi connectivity index (χ1) is 15.2. The van der Waals surface area contributed by atoms with Crippen LogP contribution in [-0.2, 0) is 0 Å². The second-order valence-electron chi connectivity index (χ2n) is 9.75. The highest BCUT2D eigenvalue weighted by Gasteiger charge is 2.40. The number of hydrogen-bond acceptors (Lipinski definition) is 2. The molecule has 0 saturated carbocycles. The molecule has 1 aliphatic heterocycles. The first kappa shape index (κ1) is 28.4. The van der Waals surface area contributed by atoms with E-state index in [-0.39, 0.29) is 6.23 Å². The maximum absolute atomic E-state index is 10.2. The zero-order valence-corrected chi connectivity index (χ0v) is 21.4. The standard InChI is InChI=1S/C28H55N2O/c1-4-6-7-8-9-10-11-12-13-14-15-16-17-18-19-20-21-22-23-24-28-29-25-26-30(28,5-2)27(3)31/h21-22,27,31H,4-20,23-26H2,1-3H3/q+1/b22-21+. The van der Waals surface area contributed by atoms with E-state index in [1.54, 1.807) is 0 Å². The van der Waals surface area contributed by atoms with Crippen molar-refractivity contribution >= 4 is 5.84 Å². The van der Waals surface area contributed by atoms with Crippen LogP contribution in [0.1, 0.15) is 136 Å². The van der Waals surface area contributed by atoms with Gasteiger partial charge in [-0.15, -0.1) is 0 Å². The average molecular weight is 436 g/mol. The molecule has 0 fully saturated rings. The van der Waals surface area contributed by atoms with Crippen molar-refractivity contribution in [2.75, 3.05) is 19.6 Å². The van der Waals surface area contributed by atoms with Crippen LogP contribution in [0, 0.1) is 0 Å². The van der Waals surface area contributed by atoms with E-state index in [0.29, 0.717) is 4.48 Å². The molecule has 1 rings (SSSR count). The maximum Gasteiger partial charge on any atom is 0.200 e. The third kappa shape index (κ3) is 12.2. The molecule has 0 radical (unpaired) electrons. The van der Waals surface area contributed by atoms with Gasteiger partial charge < -0.3 is 5.11 Å². The van der Waals surface area contributed by atoms with Crippen molar-refractivity contribution in [2.24, 2.45) is 4.99 Å². The average Bonchev–Trinajstić information content (AvgIpc) is 3.19. The number of aliphatic hydroxyl groups is 1. The number of quaternary nitrogens is 1. The lowest BCUT2D eigenvalue weighted by Crippen LogP contribution is -2.56. The number of aliphatic hydroxyl groups excluding tert-OH is 1. The van der Waals surface area contributed by atoms with Gasteiger partial charge in [-0.25, -0.2) is 4.99 Å². The minimum absolute atomic E-state index is 0.337. The van der Waals surface area contributed by atoms with Crippen LogP contribution in [0.5, 0.6) is 0 Å². The third-order valence-electron chi connectivity index (χ3n) is 7.26. The normalized spacial score (nSPS) is 19.9. The molecule has 0 bridgehead atoms. The number of likely N-dealkylation sites (N-methyl/N-ethyl adjacent to an activating group) is 1. The van der Waals surface area contributed by atoms with Gasteiger partial charge in [0.25, 0.3) is 0 Å². The first-order valence-electron chi connectivity index (χ1n) is 13.9. The molecule has 2 unspecified atom stereocenters. The lowest BCUT2D eigenvalue weighted by Gasteiger charge is -2.36. The monoisotopic (exact) mass is 435 g/mol. The summed E-state index contributed by atoms with van der Waals surface area (Å²) in [5.74, 6) is 1.20. The Labute approximate surface area is 195 Å². The molecule has 31 heavy (non-hydrogen) atoms. The van der Waals surface area contributed by atoms with Gasteiger partial charge in [-0.3, -0.25) is 4.48 Å². The van der Waals surface area contributed by atoms with Gasteiger partial charge in [0.15, 0.2) is 6.23 Å². The number of amidine groups is 1. The molecule has 3 heteroatoms. The fourth-order valence-corrected chi connectivity index (χ4v) is 5.02. The van der Waals surface area contributed by atoms with Crippen molar-refractivity contribution < 1.29 is 9.59 Å². The van der Waals surface area contributed by atoms with Crippen molar-refractivity contribution in [1.29, 1.82) is 0 Å². The topological polar surface area (TPSA) is 32.6 Å². The van der Waals surface area contributed by atoms with Gasteiger partial charge in [0, 0.05) is 13.3 Å². The van der Waals surface area contributed by atoms with E-state index < -0.39 is 0 Å². The summed E-state index contributed by atoms with van der Waals surface area (Å²) in [7, 11) is 0. The van der Waals surface area contributed by atoms with Crippen molar-refractivity contribution in [3.63, 3.8) is 0 Å². The van der Waals surface area contributed by atoms with E-state index in [2.05, 4.69) is 26.0 Å². The summed E-state index contributed by atoms with van der Waals surface area (Å²) in [5.41, 5.74) is 0. The second-order valence-corrected chi connectivity index (χ2v) is 9.75. The molecule has 0 spiro atoms. The van der Waals surface area contributed by atoms with Gasteiger partial charge >= 0.3 is 0 Å². The van der Waals surface area contributed by atoms with Gasteiger partial charge in [-0.1, -0.05) is 109 Å². The summed E-state index contributed by atoms with van der Waals surface area (Å²) in [5, 5.41) is 10.2. The Morgan fingerprint density at radius 2 is 1.26 bits per heavy atom. The molecule has 2 atom stereocenters. The summed E-state index contributed by atoms with van der Waals surface area (Å²) in [6.07, 6.45) is 29.1. The minimum Gasteiger partial charge on any atom is -0.345 e. The minimum atomic E-state index is -0.337. The Hall–Kier alpha value is -0.670. The highest BCUT2D eigenvalue weighted by molar-refractivity contribution is 5.77. The van der Waals surface area contributed by atoms with Crippen LogP contribution in [0.2, 0.25) is 0 Å². The summed E-state index contributed by atoms with van der Waals surface area (Å²) in [6.45, 7) is 9.15. The van der Waals surface area contributed by atoms with Crippen LogP contribution in [0.4, 0.5) is 0 Å². The number of rotatable bonds is 21. The molecule has 0 aliphatic carbocycles. The van der Waals surface area contributed by atoms with Crippen molar-refractivity contribution in [1.82, 2.24) is 0 Å². The molecular weight excluding hydrogens is 380 g/mol. The molecule has 1 N–H and O–H groups in total. The molecule has 0 aromatic carbocycles. The van der Waals surface area contributed by atoms with Crippen molar-refractivity contribution in [3.8, 4) is 0 Å². The predicted molar refractivity (Wildman–Crippen MR) is 138 cm³/mol. The fraction of sp³-hybridized carbons (Fsp3) is 0.893. The van der Waals surface area contributed by atoms with E-state index in [0.717, 1.165) is 32.5 Å². The summed E-state index contributed by atoms with van der Waals surface area (Å²) < 4.78 is 0.687. The molecule has 1 aliphatic rings. The zero-order valence-electron chi connectivity index (χ0n) is 21.4. The summed E-state index contributed by atoms with van der Waals surface area (Å²) in [6, 6.07) is 0. The Morgan fingerprint density at radius 3 is 1.74 bits per heavy atom. The molecule has 1 heterocycles. The van der Waals surface area contributed by atoms with Gasteiger partial charge in [0.1, 0.15) is 6.54 Å². The van der Waals surface area contributed by atoms with Crippen LogP contribution < -0.4 is 0 Å². The Bertz CT molecular complexity index is 472. The number of aliphatic imine (C=N–C) groups is 1. The first-order valence-corrected chi connectivity index (χ1v) is 13.9. The molecular formula is C28H55N2O+. The quantitative estimate of drug-likeness (QED) is 0.110. The van der Waals surface area contributed by atoms with Crippen LogP contribution in [0.25, 0.3) is 0 Å². The van der Waals surface area contributed by atoms with Crippen LogP contribution in [0.3, 0.4) is 0 Å². The van der Waals surface area contributed by atoms with E-state index in [9.17, 15) is 5.11 Å². The van der Waals surface area contributed by atoms with Gasteiger partial charge in [-0.05, 0) is 26.2 Å². The van der Waals surface area contributed by atoms with Crippen LogP contribution >= 0.6 is 0 Å². The molecule has 0 saturated heterocycles. The van der Waals surface area contributed by atoms with Crippen molar-refractivity contribution in [3.05, 3.63) is 12.2 Å². The zero-order chi connectivity index (χ0) is 22.6. The molecule has 3 nitrogen and oxygen atoms in total. The number of allylic oxidation sites excluding steroid dienone is 2. The Kier molecular flexibility index (Phi) is 17.3. The van der Waals surface area contributed by atoms with E-state index in [1.165, 1.54) is 109 Å². The largest absolute Gasteiger partial charge is 0.345 e. The second kappa shape index (κ2) is 18.9. The molecule has 0 aromatic rings. The molecule has 182 valence electrons. The number of hydrogen-bond donors (Lipinski definition) is 1. The Balaban J connectivity index is 1.87. The summed E-state index contributed by atoms with van der Waals surface area (Å²) in [4.78, 5) is 4.69.